The molecule has 0 saturated heterocycles. The third kappa shape index (κ3) is 4.56. The molecule has 1 atom stereocenters. The third-order valence-electron chi connectivity index (χ3n) is 3.50. The molecule has 1 aromatic carbocycles. The van der Waals surface area contributed by atoms with Crippen LogP contribution in [0.2, 0.25) is 0 Å². The standard InChI is InChI=1S/C16H22N4O2S/c1-4-14-19-16(22-20-14)11-6-5-10(2)13(9-11)18-15(21)12(17)7-8-23-3/h5-6,9,12H,4,7-8,17H2,1-3H3,(H,18,21)/t12-/m0/s1. The fourth-order valence-corrected chi connectivity index (χ4v) is 2.50. The van der Waals surface area contributed by atoms with Crippen LogP contribution in [-0.2, 0) is 11.2 Å². The van der Waals surface area contributed by atoms with Gasteiger partial charge < -0.3 is 15.6 Å². The molecule has 3 N–H and O–H groups in total. The molecule has 2 aromatic rings. The lowest BCUT2D eigenvalue weighted by atomic mass is 10.1. The van der Waals surface area contributed by atoms with E-state index in [0.717, 1.165) is 16.9 Å². The van der Waals surface area contributed by atoms with Gasteiger partial charge in [-0.05, 0) is 43.0 Å². The molecule has 2 rings (SSSR count). The van der Waals surface area contributed by atoms with Gasteiger partial charge in [-0.1, -0.05) is 18.1 Å². The lowest BCUT2D eigenvalue weighted by Crippen LogP contribution is -2.36. The molecular weight excluding hydrogens is 312 g/mol. The summed E-state index contributed by atoms with van der Waals surface area (Å²) in [5, 5.41) is 6.78. The third-order valence-corrected chi connectivity index (χ3v) is 4.14. The second-order valence-electron chi connectivity index (χ2n) is 5.28. The van der Waals surface area contributed by atoms with Gasteiger partial charge >= 0.3 is 0 Å². The molecule has 1 amide bonds. The van der Waals surface area contributed by atoms with Crippen molar-refractivity contribution in [2.24, 2.45) is 5.73 Å². The second-order valence-corrected chi connectivity index (χ2v) is 6.26. The largest absolute Gasteiger partial charge is 0.334 e. The Kier molecular flexibility index (Phi) is 6.18. The zero-order valence-corrected chi connectivity index (χ0v) is 14.4. The van der Waals surface area contributed by atoms with Crippen LogP contribution in [0.5, 0.6) is 0 Å². The lowest BCUT2D eigenvalue weighted by Gasteiger charge is -2.13. The number of thioether (sulfide) groups is 1. The minimum atomic E-state index is -0.513. The number of nitrogens with two attached hydrogens (primary N) is 1. The molecule has 1 aromatic heterocycles. The van der Waals surface area contributed by atoms with E-state index in [1.807, 2.05) is 38.3 Å². The molecular formula is C16H22N4O2S. The molecule has 0 aliphatic heterocycles. The average molecular weight is 334 g/mol. The van der Waals surface area contributed by atoms with Gasteiger partial charge in [-0.3, -0.25) is 4.79 Å². The molecule has 23 heavy (non-hydrogen) atoms. The topological polar surface area (TPSA) is 94.0 Å². The van der Waals surface area contributed by atoms with Crippen molar-refractivity contribution in [2.45, 2.75) is 32.7 Å². The molecule has 6 nitrogen and oxygen atoms in total. The van der Waals surface area contributed by atoms with E-state index in [1.54, 1.807) is 11.8 Å². The van der Waals surface area contributed by atoms with Gasteiger partial charge in [0, 0.05) is 17.7 Å². The van der Waals surface area contributed by atoms with Crippen molar-refractivity contribution >= 4 is 23.4 Å². The van der Waals surface area contributed by atoms with E-state index >= 15 is 0 Å². The number of aromatic nitrogens is 2. The maximum atomic E-state index is 12.2. The van der Waals surface area contributed by atoms with Crippen molar-refractivity contribution in [1.82, 2.24) is 10.1 Å². The van der Waals surface area contributed by atoms with E-state index in [4.69, 9.17) is 10.3 Å². The highest BCUT2D eigenvalue weighted by molar-refractivity contribution is 7.98. The monoisotopic (exact) mass is 334 g/mol. The molecule has 0 aliphatic carbocycles. The van der Waals surface area contributed by atoms with Crippen LogP contribution in [0.15, 0.2) is 22.7 Å². The summed E-state index contributed by atoms with van der Waals surface area (Å²) in [7, 11) is 0. The van der Waals surface area contributed by atoms with Crippen LogP contribution in [0.25, 0.3) is 11.5 Å². The zero-order chi connectivity index (χ0) is 16.8. The minimum Gasteiger partial charge on any atom is -0.334 e. The second kappa shape index (κ2) is 8.12. The van der Waals surface area contributed by atoms with Crippen LogP contribution in [0, 0.1) is 6.92 Å². The Hall–Kier alpha value is -1.86. The Balaban J connectivity index is 2.15. The molecule has 0 saturated carbocycles. The van der Waals surface area contributed by atoms with E-state index in [0.29, 0.717) is 30.2 Å². The van der Waals surface area contributed by atoms with Gasteiger partial charge in [0.15, 0.2) is 5.82 Å². The van der Waals surface area contributed by atoms with Crippen LogP contribution in [0.4, 0.5) is 5.69 Å². The Morgan fingerprint density at radius 3 is 2.91 bits per heavy atom. The number of nitrogens with zero attached hydrogens (tertiary/aromatic N) is 2. The average Bonchev–Trinajstić information content (AvgIpc) is 3.03. The summed E-state index contributed by atoms with van der Waals surface area (Å²) in [5.41, 5.74) is 8.34. The fourth-order valence-electron chi connectivity index (χ4n) is 2.01. The fraction of sp³-hybridized carbons (Fsp3) is 0.438. The van der Waals surface area contributed by atoms with E-state index < -0.39 is 6.04 Å². The molecule has 0 radical (unpaired) electrons. The predicted molar refractivity (Wildman–Crippen MR) is 93.5 cm³/mol. The molecule has 7 heteroatoms. The number of amides is 1. The molecule has 0 fully saturated rings. The van der Waals surface area contributed by atoms with Gasteiger partial charge in [0.05, 0.1) is 6.04 Å². The van der Waals surface area contributed by atoms with E-state index in [9.17, 15) is 4.79 Å². The number of rotatable bonds is 7. The molecule has 0 aliphatic rings. The number of nitrogens with one attached hydrogen (secondary N) is 1. The summed E-state index contributed by atoms with van der Waals surface area (Å²) < 4.78 is 5.24. The summed E-state index contributed by atoms with van der Waals surface area (Å²) in [6, 6.07) is 5.13. The highest BCUT2D eigenvalue weighted by Crippen LogP contribution is 2.24. The summed E-state index contributed by atoms with van der Waals surface area (Å²) in [6.45, 7) is 3.89. The zero-order valence-electron chi connectivity index (χ0n) is 13.6. The SMILES string of the molecule is CCc1noc(-c2ccc(C)c(NC(=O)[C@@H](N)CCSC)c2)n1. The first-order chi connectivity index (χ1) is 11.0. The number of benzene rings is 1. The summed E-state index contributed by atoms with van der Waals surface area (Å²) in [5.74, 6) is 1.78. The van der Waals surface area contributed by atoms with Crippen molar-refractivity contribution in [3.05, 3.63) is 29.6 Å². The maximum absolute atomic E-state index is 12.2. The molecule has 1 heterocycles. The molecule has 0 bridgehead atoms. The Morgan fingerprint density at radius 2 is 2.26 bits per heavy atom. The van der Waals surface area contributed by atoms with Gasteiger partial charge in [0.25, 0.3) is 5.89 Å². The van der Waals surface area contributed by atoms with Crippen LogP contribution >= 0.6 is 11.8 Å². The highest BCUT2D eigenvalue weighted by atomic mass is 32.2. The van der Waals surface area contributed by atoms with Gasteiger partial charge in [0.2, 0.25) is 5.91 Å². The number of hydrogen-bond donors (Lipinski definition) is 2. The minimum absolute atomic E-state index is 0.181. The number of hydrogen-bond acceptors (Lipinski definition) is 6. The van der Waals surface area contributed by atoms with Crippen LogP contribution in [0.3, 0.4) is 0 Å². The van der Waals surface area contributed by atoms with E-state index in [1.165, 1.54) is 0 Å². The molecule has 124 valence electrons. The van der Waals surface area contributed by atoms with Crippen molar-refractivity contribution in [1.29, 1.82) is 0 Å². The van der Waals surface area contributed by atoms with Crippen molar-refractivity contribution in [3.8, 4) is 11.5 Å². The first kappa shape index (κ1) is 17.5. The van der Waals surface area contributed by atoms with Crippen LogP contribution in [0.1, 0.15) is 24.7 Å². The predicted octanol–water partition coefficient (Wildman–Crippen LogP) is 2.63. The van der Waals surface area contributed by atoms with Gasteiger partial charge in [0.1, 0.15) is 0 Å². The first-order valence-electron chi connectivity index (χ1n) is 7.54. The van der Waals surface area contributed by atoms with Crippen LogP contribution in [-0.4, -0.2) is 34.1 Å². The quantitative estimate of drug-likeness (QED) is 0.808. The van der Waals surface area contributed by atoms with E-state index in [-0.39, 0.29) is 5.91 Å². The van der Waals surface area contributed by atoms with Crippen molar-refractivity contribution in [2.75, 3.05) is 17.3 Å². The smallest absolute Gasteiger partial charge is 0.257 e. The number of carbonyl (C=O) groups is 1. The van der Waals surface area contributed by atoms with Gasteiger partial charge in [-0.25, -0.2) is 0 Å². The molecule has 0 spiro atoms. The summed E-state index contributed by atoms with van der Waals surface area (Å²) in [6.07, 6.45) is 3.35. The number of carbonyl (C=O) groups excluding carboxylic acids is 1. The highest BCUT2D eigenvalue weighted by Gasteiger charge is 2.15. The summed E-state index contributed by atoms with van der Waals surface area (Å²) in [4.78, 5) is 16.5. The first-order valence-corrected chi connectivity index (χ1v) is 8.93. The van der Waals surface area contributed by atoms with Crippen molar-refractivity contribution in [3.63, 3.8) is 0 Å². The molecule has 0 unspecified atom stereocenters. The normalized spacial score (nSPS) is 12.2. The number of anilines is 1. The van der Waals surface area contributed by atoms with E-state index in [2.05, 4.69) is 15.5 Å². The Morgan fingerprint density at radius 1 is 1.48 bits per heavy atom. The van der Waals surface area contributed by atoms with Gasteiger partial charge in [-0.15, -0.1) is 0 Å². The van der Waals surface area contributed by atoms with Crippen molar-refractivity contribution < 1.29 is 9.32 Å². The number of aryl methyl sites for hydroxylation is 2. The maximum Gasteiger partial charge on any atom is 0.257 e. The Bertz CT molecular complexity index is 672. The lowest BCUT2D eigenvalue weighted by molar-refractivity contribution is -0.117. The Labute approximate surface area is 140 Å². The van der Waals surface area contributed by atoms with Gasteiger partial charge in [-0.2, -0.15) is 16.7 Å². The van der Waals surface area contributed by atoms with Crippen LogP contribution < -0.4 is 11.1 Å². The summed E-state index contributed by atoms with van der Waals surface area (Å²) >= 11 is 1.67.